The summed E-state index contributed by atoms with van der Waals surface area (Å²) in [6.07, 6.45) is -2.41. The summed E-state index contributed by atoms with van der Waals surface area (Å²) < 4.78 is 38.4. The number of hydrogen-bond acceptors (Lipinski definition) is 3. The van der Waals surface area contributed by atoms with Crippen molar-refractivity contribution < 1.29 is 22.8 Å². The zero-order valence-corrected chi connectivity index (χ0v) is 14.3. The van der Waals surface area contributed by atoms with Gasteiger partial charge in [0.2, 0.25) is 11.8 Å². The fourth-order valence-corrected chi connectivity index (χ4v) is 3.46. The van der Waals surface area contributed by atoms with E-state index in [1.165, 1.54) is 11.0 Å². The molecule has 2 aliphatic rings. The minimum Gasteiger partial charge on any atom is -0.352 e. The number of nitrogens with zero attached hydrogens (tertiary/aromatic N) is 1. The first kappa shape index (κ1) is 18.7. The molecular weight excluding hydrogens is 347 g/mol. The van der Waals surface area contributed by atoms with Crippen molar-refractivity contribution in [1.82, 2.24) is 15.5 Å². The van der Waals surface area contributed by atoms with Crippen LogP contribution < -0.4 is 10.6 Å². The normalized spacial score (nSPS) is 24.0. The van der Waals surface area contributed by atoms with Gasteiger partial charge >= 0.3 is 6.18 Å². The number of amides is 2. The molecule has 0 spiro atoms. The van der Waals surface area contributed by atoms with Gasteiger partial charge in [-0.2, -0.15) is 13.2 Å². The molecule has 0 bridgehead atoms. The molecule has 0 aliphatic carbocycles. The lowest BCUT2D eigenvalue weighted by Crippen LogP contribution is -2.47. The summed E-state index contributed by atoms with van der Waals surface area (Å²) in [7, 11) is 0. The quantitative estimate of drug-likeness (QED) is 0.853. The third-order valence-corrected chi connectivity index (χ3v) is 4.86. The summed E-state index contributed by atoms with van der Waals surface area (Å²) in [4.78, 5) is 26.0. The molecule has 2 amide bonds. The van der Waals surface area contributed by atoms with Crippen LogP contribution in [0.3, 0.4) is 0 Å². The van der Waals surface area contributed by atoms with Gasteiger partial charge in [0.15, 0.2) is 0 Å². The average Bonchev–Trinajstić information content (AvgIpc) is 2.96. The van der Waals surface area contributed by atoms with Crippen LogP contribution in [0.15, 0.2) is 24.3 Å². The zero-order chi connectivity index (χ0) is 18.7. The second kappa shape index (κ2) is 7.65. The fraction of sp³-hybridized carbons (Fsp3) is 0.556. The van der Waals surface area contributed by atoms with Gasteiger partial charge in [0.05, 0.1) is 11.5 Å². The predicted molar refractivity (Wildman–Crippen MR) is 89.0 cm³/mol. The van der Waals surface area contributed by atoms with Crippen LogP contribution in [-0.4, -0.2) is 42.4 Å². The number of nitrogens with one attached hydrogen (secondary N) is 2. The van der Waals surface area contributed by atoms with Crippen LogP contribution in [0.2, 0.25) is 0 Å². The lowest BCUT2D eigenvalue weighted by Gasteiger charge is -2.25. The molecule has 3 rings (SSSR count). The van der Waals surface area contributed by atoms with Crippen LogP contribution in [0.4, 0.5) is 13.2 Å². The lowest BCUT2D eigenvalue weighted by molar-refractivity contribution is -0.137. The highest BCUT2D eigenvalue weighted by molar-refractivity contribution is 5.89. The topological polar surface area (TPSA) is 61.4 Å². The molecule has 2 aliphatic heterocycles. The van der Waals surface area contributed by atoms with Crippen LogP contribution in [0, 0.1) is 5.92 Å². The summed E-state index contributed by atoms with van der Waals surface area (Å²) in [5.41, 5.74) is -0.327. The molecule has 0 aromatic heterocycles. The van der Waals surface area contributed by atoms with E-state index in [0.717, 1.165) is 38.1 Å². The maximum atomic E-state index is 12.8. The highest BCUT2D eigenvalue weighted by Gasteiger charge is 2.35. The van der Waals surface area contributed by atoms with E-state index in [4.69, 9.17) is 0 Å². The SMILES string of the molecule is O=C(NC1CCCNC1)C1CC(=O)N(Cc2cccc(C(F)(F)F)c2)C1. The fourth-order valence-electron chi connectivity index (χ4n) is 3.46. The first-order chi connectivity index (χ1) is 12.3. The largest absolute Gasteiger partial charge is 0.416 e. The van der Waals surface area contributed by atoms with Gasteiger partial charge in [0, 0.05) is 32.1 Å². The van der Waals surface area contributed by atoms with Gasteiger partial charge in [-0.25, -0.2) is 0 Å². The van der Waals surface area contributed by atoms with E-state index in [1.54, 1.807) is 6.07 Å². The summed E-state index contributed by atoms with van der Waals surface area (Å²) >= 11 is 0. The van der Waals surface area contributed by atoms with Crippen molar-refractivity contribution in [1.29, 1.82) is 0 Å². The number of piperidine rings is 1. The Morgan fingerprint density at radius 3 is 2.85 bits per heavy atom. The van der Waals surface area contributed by atoms with E-state index in [-0.39, 0.29) is 37.4 Å². The Morgan fingerprint density at radius 2 is 2.15 bits per heavy atom. The van der Waals surface area contributed by atoms with Gasteiger partial charge in [-0.3, -0.25) is 9.59 Å². The standard InChI is InChI=1S/C18H22F3N3O2/c19-18(20,21)14-4-1-3-12(7-14)10-24-11-13(8-16(24)25)17(26)23-15-5-2-6-22-9-15/h1,3-4,7,13,15,22H,2,5-6,8-11H2,(H,23,26). The van der Waals surface area contributed by atoms with Crippen molar-refractivity contribution in [2.24, 2.45) is 5.92 Å². The van der Waals surface area contributed by atoms with E-state index in [9.17, 15) is 22.8 Å². The number of benzene rings is 1. The minimum absolute atomic E-state index is 0.0730. The molecule has 2 heterocycles. The smallest absolute Gasteiger partial charge is 0.352 e. The van der Waals surface area contributed by atoms with Gasteiger partial charge in [-0.1, -0.05) is 12.1 Å². The number of carbonyl (C=O) groups is 2. The monoisotopic (exact) mass is 369 g/mol. The first-order valence-corrected chi connectivity index (χ1v) is 8.78. The molecule has 0 radical (unpaired) electrons. The van der Waals surface area contributed by atoms with E-state index in [0.29, 0.717) is 5.56 Å². The van der Waals surface area contributed by atoms with Crippen LogP contribution in [0.1, 0.15) is 30.4 Å². The molecule has 2 fully saturated rings. The van der Waals surface area contributed by atoms with Crippen LogP contribution in [0.25, 0.3) is 0 Å². The Hall–Kier alpha value is -2.09. The Bertz CT molecular complexity index is 672. The van der Waals surface area contributed by atoms with Crippen molar-refractivity contribution in [2.75, 3.05) is 19.6 Å². The maximum absolute atomic E-state index is 12.8. The van der Waals surface area contributed by atoms with Crippen molar-refractivity contribution in [2.45, 2.75) is 38.0 Å². The third-order valence-electron chi connectivity index (χ3n) is 4.86. The number of alkyl halides is 3. The van der Waals surface area contributed by atoms with E-state index in [1.807, 2.05) is 0 Å². The molecule has 26 heavy (non-hydrogen) atoms. The number of likely N-dealkylation sites (tertiary alicyclic amines) is 1. The molecule has 1 aromatic carbocycles. The summed E-state index contributed by atoms with van der Waals surface area (Å²) in [5, 5.41) is 6.18. The van der Waals surface area contributed by atoms with Crippen molar-refractivity contribution in [3.05, 3.63) is 35.4 Å². The van der Waals surface area contributed by atoms with Gasteiger partial charge < -0.3 is 15.5 Å². The van der Waals surface area contributed by atoms with E-state index in [2.05, 4.69) is 10.6 Å². The van der Waals surface area contributed by atoms with Gasteiger partial charge in [0.1, 0.15) is 0 Å². The molecule has 2 atom stereocenters. The summed E-state index contributed by atoms with van der Waals surface area (Å²) in [5.74, 6) is -0.807. The Labute approximate surface area is 149 Å². The number of rotatable bonds is 4. The van der Waals surface area contributed by atoms with Gasteiger partial charge in [0.25, 0.3) is 0 Å². The molecule has 5 nitrogen and oxygen atoms in total. The molecule has 2 saturated heterocycles. The maximum Gasteiger partial charge on any atom is 0.416 e. The molecule has 142 valence electrons. The summed E-state index contributed by atoms with van der Waals surface area (Å²) in [6, 6.07) is 5.02. The van der Waals surface area contributed by atoms with Gasteiger partial charge in [-0.15, -0.1) is 0 Å². The Morgan fingerprint density at radius 1 is 1.35 bits per heavy atom. The summed E-state index contributed by atoms with van der Waals surface area (Å²) in [6.45, 7) is 1.98. The predicted octanol–water partition coefficient (Wildman–Crippen LogP) is 1.92. The molecule has 2 unspecified atom stereocenters. The van der Waals surface area contributed by atoms with Crippen molar-refractivity contribution in [3.63, 3.8) is 0 Å². The highest BCUT2D eigenvalue weighted by atomic mass is 19.4. The lowest BCUT2D eigenvalue weighted by atomic mass is 10.0. The Balaban J connectivity index is 1.58. The number of hydrogen-bond donors (Lipinski definition) is 2. The second-order valence-electron chi connectivity index (χ2n) is 6.93. The highest BCUT2D eigenvalue weighted by Crippen LogP contribution is 2.30. The molecule has 0 saturated carbocycles. The van der Waals surface area contributed by atoms with Crippen molar-refractivity contribution >= 4 is 11.8 Å². The third kappa shape index (κ3) is 4.55. The first-order valence-electron chi connectivity index (χ1n) is 8.78. The van der Waals surface area contributed by atoms with Crippen LogP contribution >= 0.6 is 0 Å². The second-order valence-corrected chi connectivity index (χ2v) is 6.93. The van der Waals surface area contributed by atoms with Gasteiger partial charge in [-0.05, 0) is 37.1 Å². The van der Waals surface area contributed by atoms with Crippen molar-refractivity contribution in [3.8, 4) is 0 Å². The molecule has 8 heteroatoms. The Kier molecular flexibility index (Phi) is 5.50. The van der Waals surface area contributed by atoms with Crippen LogP contribution in [0.5, 0.6) is 0 Å². The van der Waals surface area contributed by atoms with E-state index >= 15 is 0 Å². The molecule has 1 aromatic rings. The zero-order valence-electron chi connectivity index (χ0n) is 14.3. The number of halogens is 3. The molecule has 2 N–H and O–H groups in total. The van der Waals surface area contributed by atoms with Crippen LogP contribution in [-0.2, 0) is 22.3 Å². The molecular formula is C18H22F3N3O2. The number of carbonyl (C=O) groups excluding carboxylic acids is 2. The van der Waals surface area contributed by atoms with E-state index < -0.39 is 17.7 Å². The minimum atomic E-state index is -4.42. The average molecular weight is 369 g/mol.